The zero-order valence-corrected chi connectivity index (χ0v) is 17.9. The number of amides is 1. The normalized spacial score (nSPS) is 10.6. The van der Waals surface area contributed by atoms with Gasteiger partial charge in [-0.1, -0.05) is 37.3 Å². The van der Waals surface area contributed by atoms with Crippen molar-refractivity contribution in [2.24, 2.45) is 0 Å². The third-order valence-electron chi connectivity index (χ3n) is 4.20. The van der Waals surface area contributed by atoms with Gasteiger partial charge in [0, 0.05) is 22.2 Å². The van der Waals surface area contributed by atoms with E-state index in [-0.39, 0.29) is 23.2 Å². The van der Waals surface area contributed by atoms with E-state index < -0.39 is 5.97 Å². The molecule has 0 unspecified atom stereocenters. The first-order chi connectivity index (χ1) is 14.5. The highest BCUT2D eigenvalue weighted by Crippen LogP contribution is 2.31. The van der Waals surface area contributed by atoms with Crippen molar-refractivity contribution in [2.45, 2.75) is 13.3 Å². The Bertz CT molecular complexity index is 1050. The molecule has 0 aliphatic rings. The number of ketones is 1. The maximum absolute atomic E-state index is 13.1. The zero-order chi connectivity index (χ0) is 21.5. The maximum atomic E-state index is 13.1. The molecule has 3 rings (SSSR count). The number of pyridine rings is 1. The molecular weight excluding hydrogens is 420 g/mol. The summed E-state index contributed by atoms with van der Waals surface area (Å²) >= 11 is 2.38. The molecule has 0 atom stereocenters. The predicted molar refractivity (Wildman–Crippen MR) is 120 cm³/mol. The summed E-state index contributed by atoms with van der Waals surface area (Å²) in [5.41, 5.74) is 2.70. The Morgan fingerprint density at radius 2 is 1.87 bits per heavy atom. The summed E-state index contributed by atoms with van der Waals surface area (Å²) in [5.74, 6) is -1.61. The van der Waals surface area contributed by atoms with Crippen LogP contribution in [0.2, 0.25) is 0 Å². The average molecular weight is 441 g/mol. The number of carboxylic acid groups (broad SMARTS) is 1. The number of nitrogens with one attached hydrogen (secondary N) is 1. The van der Waals surface area contributed by atoms with Gasteiger partial charge in [-0.3, -0.25) is 19.4 Å². The monoisotopic (exact) mass is 440 g/mol. The van der Waals surface area contributed by atoms with Gasteiger partial charge in [-0.25, -0.2) is 0 Å². The number of carbonyl (C=O) groups excluding carboxylic acids is 2. The summed E-state index contributed by atoms with van der Waals surface area (Å²) in [7, 11) is 0. The molecule has 0 saturated carbocycles. The molecule has 8 heteroatoms. The van der Waals surface area contributed by atoms with Gasteiger partial charge in [0.15, 0.2) is 5.78 Å². The first-order valence-corrected chi connectivity index (χ1v) is 11.2. The van der Waals surface area contributed by atoms with Crippen LogP contribution in [0.4, 0.5) is 5.00 Å². The number of thiophene rings is 1. The fraction of sp³-hybridized carbons (Fsp3) is 0.182. The van der Waals surface area contributed by atoms with Crippen molar-refractivity contribution in [3.8, 4) is 11.3 Å². The summed E-state index contributed by atoms with van der Waals surface area (Å²) < 4.78 is 0. The van der Waals surface area contributed by atoms with Crippen molar-refractivity contribution in [2.75, 3.05) is 16.8 Å². The number of thioether (sulfide) groups is 1. The van der Waals surface area contributed by atoms with Gasteiger partial charge >= 0.3 is 5.97 Å². The van der Waals surface area contributed by atoms with Crippen molar-refractivity contribution in [3.63, 3.8) is 0 Å². The topological polar surface area (TPSA) is 96.4 Å². The lowest BCUT2D eigenvalue weighted by Crippen LogP contribution is -2.16. The van der Waals surface area contributed by atoms with E-state index in [1.807, 2.05) is 37.3 Å². The fourth-order valence-electron chi connectivity index (χ4n) is 2.75. The molecule has 2 heterocycles. The number of hydrogen-bond donors (Lipinski definition) is 2. The fourth-order valence-corrected chi connectivity index (χ4v) is 4.30. The number of carboxylic acids is 1. The van der Waals surface area contributed by atoms with Crippen LogP contribution in [0.25, 0.3) is 11.3 Å². The number of carbonyl (C=O) groups is 3. The van der Waals surface area contributed by atoms with Gasteiger partial charge in [-0.15, -0.1) is 23.1 Å². The summed E-state index contributed by atoms with van der Waals surface area (Å²) in [5, 5.41) is 11.9. The molecule has 0 spiro atoms. The van der Waals surface area contributed by atoms with Crippen LogP contribution in [0.1, 0.15) is 27.7 Å². The van der Waals surface area contributed by atoms with Crippen molar-refractivity contribution in [3.05, 3.63) is 70.7 Å². The largest absolute Gasteiger partial charge is 0.481 e. The molecule has 2 aromatic heterocycles. The minimum atomic E-state index is -0.970. The van der Waals surface area contributed by atoms with E-state index in [1.54, 1.807) is 24.4 Å². The molecule has 0 aliphatic heterocycles. The summed E-state index contributed by atoms with van der Waals surface area (Å²) in [4.78, 5) is 41.1. The van der Waals surface area contributed by atoms with Crippen LogP contribution in [-0.4, -0.2) is 39.3 Å². The molecule has 6 nitrogen and oxygen atoms in total. The van der Waals surface area contributed by atoms with Gasteiger partial charge in [-0.05, 0) is 24.6 Å². The molecule has 1 amide bonds. The molecule has 1 aromatic carbocycles. The van der Waals surface area contributed by atoms with Crippen LogP contribution in [0.5, 0.6) is 0 Å². The second-order valence-electron chi connectivity index (χ2n) is 6.37. The molecule has 0 fully saturated rings. The van der Waals surface area contributed by atoms with Crippen molar-refractivity contribution < 1.29 is 19.5 Å². The van der Waals surface area contributed by atoms with E-state index in [0.717, 1.165) is 34.3 Å². The van der Waals surface area contributed by atoms with Crippen molar-refractivity contribution >= 4 is 45.8 Å². The minimum Gasteiger partial charge on any atom is -0.481 e. The average Bonchev–Trinajstić information content (AvgIpc) is 3.16. The van der Waals surface area contributed by atoms with Gasteiger partial charge in [0.1, 0.15) is 5.00 Å². The van der Waals surface area contributed by atoms with Crippen LogP contribution in [0, 0.1) is 0 Å². The van der Waals surface area contributed by atoms with E-state index in [4.69, 9.17) is 5.11 Å². The van der Waals surface area contributed by atoms with Gasteiger partial charge in [0.05, 0.1) is 22.8 Å². The Labute approximate surface area is 182 Å². The Balaban J connectivity index is 1.77. The molecule has 3 aromatic rings. The third kappa shape index (κ3) is 5.55. The van der Waals surface area contributed by atoms with Crippen molar-refractivity contribution in [1.82, 2.24) is 4.98 Å². The van der Waals surface area contributed by atoms with Crippen LogP contribution >= 0.6 is 23.1 Å². The zero-order valence-electron chi connectivity index (χ0n) is 16.3. The summed E-state index contributed by atoms with van der Waals surface area (Å²) in [6.07, 6.45) is 2.46. The van der Waals surface area contributed by atoms with E-state index in [2.05, 4.69) is 10.3 Å². The van der Waals surface area contributed by atoms with Crippen LogP contribution < -0.4 is 5.32 Å². The molecule has 30 heavy (non-hydrogen) atoms. The van der Waals surface area contributed by atoms with Crippen LogP contribution in [0.15, 0.2) is 54.7 Å². The van der Waals surface area contributed by atoms with Gasteiger partial charge < -0.3 is 10.4 Å². The highest BCUT2D eigenvalue weighted by Gasteiger charge is 2.19. The second-order valence-corrected chi connectivity index (χ2v) is 8.49. The molecule has 0 aliphatic carbocycles. The number of nitrogens with zero attached hydrogens (tertiary/aromatic N) is 1. The van der Waals surface area contributed by atoms with Crippen LogP contribution in [0.3, 0.4) is 0 Å². The number of rotatable bonds is 9. The number of aliphatic carboxylic acids is 1. The Morgan fingerprint density at radius 1 is 1.10 bits per heavy atom. The van der Waals surface area contributed by atoms with Gasteiger partial charge in [-0.2, -0.15) is 0 Å². The predicted octanol–water partition coefficient (Wildman–Crippen LogP) is 4.36. The molecule has 0 bridgehead atoms. The van der Waals surface area contributed by atoms with Crippen LogP contribution in [-0.2, 0) is 16.0 Å². The highest BCUT2D eigenvalue weighted by atomic mass is 32.2. The quantitative estimate of drug-likeness (QED) is 0.480. The molecule has 2 N–H and O–H groups in total. The van der Waals surface area contributed by atoms with E-state index in [1.165, 1.54) is 11.3 Å². The number of benzene rings is 1. The van der Waals surface area contributed by atoms with Gasteiger partial charge in [0.25, 0.3) is 0 Å². The summed E-state index contributed by atoms with van der Waals surface area (Å²) in [6, 6.07) is 14.7. The van der Waals surface area contributed by atoms with E-state index in [9.17, 15) is 14.4 Å². The van der Waals surface area contributed by atoms with E-state index in [0.29, 0.717) is 16.1 Å². The number of hydrogen-bond acceptors (Lipinski definition) is 6. The number of anilines is 1. The SMILES string of the molecule is CCc1cc(C(=O)c2ccc(-c3ccccn3)cc2)c(NC(=O)CSCC(=O)O)s1. The Kier molecular flexibility index (Phi) is 7.37. The molecule has 0 radical (unpaired) electrons. The first-order valence-electron chi connectivity index (χ1n) is 9.26. The number of aryl methyl sites for hydroxylation is 1. The first kappa shape index (κ1) is 21.7. The summed E-state index contributed by atoms with van der Waals surface area (Å²) in [6.45, 7) is 1.98. The smallest absolute Gasteiger partial charge is 0.313 e. The number of aromatic nitrogens is 1. The Hall–Kier alpha value is -2.97. The Morgan fingerprint density at radius 3 is 2.50 bits per heavy atom. The third-order valence-corrected chi connectivity index (χ3v) is 6.31. The molecule has 154 valence electrons. The van der Waals surface area contributed by atoms with Crippen molar-refractivity contribution in [1.29, 1.82) is 0 Å². The lowest BCUT2D eigenvalue weighted by molar-refractivity contribution is -0.133. The second kappa shape index (κ2) is 10.2. The molecular formula is C22H20N2O4S2. The molecule has 0 saturated heterocycles. The minimum absolute atomic E-state index is 0.0120. The standard InChI is InChI=1S/C22H20N2O4S2/c1-2-16-11-17(22(30-16)24-19(25)12-29-13-20(26)27)21(28)15-8-6-14(7-9-15)18-5-3-4-10-23-18/h3-11H,2,12-13H2,1H3,(H,24,25)(H,26,27). The highest BCUT2D eigenvalue weighted by molar-refractivity contribution is 8.00. The lowest BCUT2D eigenvalue weighted by atomic mass is 10.0. The lowest BCUT2D eigenvalue weighted by Gasteiger charge is -2.07. The van der Waals surface area contributed by atoms with Gasteiger partial charge in [0.2, 0.25) is 5.91 Å². The maximum Gasteiger partial charge on any atom is 0.313 e. The van der Waals surface area contributed by atoms with E-state index >= 15 is 0 Å².